The average molecular weight is 333 g/mol. The number of rotatable bonds is 7. The number of aliphatic hydroxyl groups is 1. The molecule has 0 saturated carbocycles. The Kier molecular flexibility index (Phi) is 6.33. The summed E-state index contributed by atoms with van der Waals surface area (Å²) in [7, 11) is 2.63. The van der Waals surface area contributed by atoms with Crippen LogP contribution in [0.15, 0.2) is 53.4 Å². The summed E-state index contributed by atoms with van der Waals surface area (Å²) in [5, 5.41) is 10.4. The summed E-state index contributed by atoms with van der Waals surface area (Å²) in [6, 6.07) is 15.2. The van der Waals surface area contributed by atoms with Crippen LogP contribution in [-0.2, 0) is 17.3 Å². The van der Waals surface area contributed by atoms with Crippen LogP contribution in [0.25, 0.3) is 0 Å². The Hall–Kier alpha value is -1.69. The first kappa shape index (κ1) is 17.7. The molecule has 0 bridgehead atoms. The first-order valence-corrected chi connectivity index (χ1v) is 8.98. The van der Waals surface area contributed by atoms with Gasteiger partial charge in [-0.3, -0.25) is 9.11 Å². The third-order valence-electron chi connectivity index (χ3n) is 3.67. The van der Waals surface area contributed by atoms with Gasteiger partial charge in [-0.05, 0) is 42.4 Å². The lowest BCUT2D eigenvalue weighted by Gasteiger charge is -2.21. The van der Waals surface area contributed by atoms with Crippen molar-refractivity contribution < 1.29 is 14.1 Å². The molecule has 5 heteroatoms. The maximum absolute atomic E-state index is 11.4. The van der Waals surface area contributed by atoms with E-state index in [4.69, 9.17) is 4.74 Å². The summed E-state index contributed by atoms with van der Waals surface area (Å²) in [6.45, 7) is 1.24. The number of benzene rings is 2. The van der Waals surface area contributed by atoms with E-state index < -0.39 is 16.9 Å². The van der Waals surface area contributed by atoms with Crippen molar-refractivity contribution in [3.8, 4) is 5.75 Å². The zero-order valence-corrected chi connectivity index (χ0v) is 14.5. The zero-order valence-electron chi connectivity index (χ0n) is 13.7. The lowest BCUT2D eigenvalue weighted by atomic mass is 10.1. The molecule has 0 saturated heterocycles. The van der Waals surface area contributed by atoms with Gasteiger partial charge in [0.2, 0.25) is 0 Å². The predicted molar refractivity (Wildman–Crippen MR) is 93.1 cm³/mol. The summed E-state index contributed by atoms with van der Waals surface area (Å²) in [6.07, 6.45) is 1.10. The van der Waals surface area contributed by atoms with Crippen LogP contribution in [-0.4, -0.2) is 41.2 Å². The number of aliphatic hydroxyl groups excluding tert-OH is 1. The maximum atomic E-state index is 11.4. The summed E-state index contributed by atoms with van der Waals surface area (Å²) in [5.41, 5.74) is 1.97. The molecule has 0 aromatic heterocycles. The van der Waals surface area contributed by atoms with E-state index in [0.717, 1.165) is 28.3 Å². The number of hydrogen-bond donors (Lipinski definition) is 1. The minimum atomic E-state index is -0.953. The topological polar surface area (TPSA) is 49.8 Å². The smallest absolute Gasteiger partial charge is 0.119 e. The highest BCUT2D eigenvalue weighted by Crippen LogP contribution is 2.20. The number of nitrogens with zero attached hydrogens (tertiary/aromatic N) is 1. The van der Waals surface area contributed by atoms with Crippen molar-refractivity contribution in [1.82, 2.24) is 4.90 Å². The second kappa shape index (κ2) is 8.24. The molecule has 0 aliphatic heterocycles. The Labute approximate surface area is 140 Å². The van der Waals surface area contributed by atoms with Gasteiger partial charge in [0.15, 0.2) is 0 Å². The molecular weight excluding hydrogens is 310 g/mol. The lowest BCUT2D eigenvalue weighted by Crippen LogP contribution is -2.24. The van der Waals surface area contributed by atoms with Crippen LogP contribution < -0.4 is 4.74 Å². The fraction of sp³-hybridized carbons (Fsp3) is 0.333. The van der Waals surface area contributed by atoms with E-state index in [1.165, 1.54) is 0 Å². The van der Waals surface area contributed by atoms with Gasteiger partial charge in [-0.25, -0.2) is 0 Å². The summed E-state index contributed by atoms with van der Waals surface area (Å²) in [4.78, 5) is 2.88. The Balaban J connectivity index is 1.95. The molecule has 0 aliphatic rings. The van der Waals surface area contributed by atoms with Crippen LogP contribution in [0.4, 0.5) is 0 Å². The fourth-order valence-electron chi connectivity index (χ4n) is 2.41. The Morgan fingerprint density at radius 3 is 2.52 bits per heavy atom. The van der Waals surface area contributed by atoms with Crippen molar-refractivity contribution in [2.75, 3.05) is 27.0 Å². The molecule has 2 rings (SSSR count). The molecule has 4 nitrogen and oxygen atoms in total. The third kappa shape index (κ3) is 5.16. The molecule has 0 aliphatic carbocycles. The standard InChI is InChI=1S/C18H23NO3S/c1-19(12-14-7-9-17(10-8-14)23(3)21)13-18(20)15-5-4-6-16(11-15)22-2/h4-11,18,20H,12-13H2,1-3H3. The van der Waals surface area contributed by atoms with Gasteiger partial charge in [0.1, 0.15) is 5.75 Å². The lowest BCUT2D eigenvalue weighted by molar-refractivity contribution is 0.123. The average Bonchev–Trinajstić information content (AvgIpc) is 2.55. The van der Waals surface area contributed by atoms with Crippen molar-refractivity contribution in [3.63, 3.8) is 0 Å². The van der Waals surface area contributed by atoms with E-state index >= 15 is 0 Å². The number of hydrogen-bond acceptors (Lipinski definition) is 4. The highest BCUT2D eigenvalue weighted by molar-refractivity contribution is 7.84. The van der Waals surface area contributed by atoms with Gasteiger partial charge in [-0.15, -0.1) is 0 Å². The SMILES string of the molecule is COc1cccc(C(O)CN(C)Cc2ccc(S(C)=O)cc2)c1. The Bertz CT molecular complexity index is 658. The Morgan fingerprint density at radius 1 is 1.22 bits per heavy atom. The molecule has 124 valence electrons. The van der Waals surface area contributed by atoms with Crippen molar-refractivity contribution >= 4 is 10.8 Å². The zero-order chi connectivity index (χ0) is 16.8. The van der Waals surface area contributed by atoms with Crippen LogP contribution in [0.1, 0.15) is 17.2 Å². The first-order chi connectivity index (χ1) is 11.0. The second-order valence-corrected chi connectivity index (χ2v) is 6.97. The predicted octanol–water partition coefficient (Wildman–Crippen LogP) is 2.60. The van der Waals surface area contributed by atoms with Gasteiger partial charge in [0.05, 0.1) is 13.2 Å². The fourth-order valence-corrected chi connectivity index (χ4v) is 2.93. The van der Waals surface area contributed by atoms with E-state index in [1.54, 1.807) is 13.4 Å². The molecule has 2 aromatic rings. The van der Waals surface area contributed by atoms with Crippen LogP contribution in [0.5, 0.6) is 5.75 Å². The van der Waals surface area contributed by atoms with Gasteiger partial charge >= 0.3 is 0 Å². The minimum absolute atomic E-state index is 0.522. The number of ether oxygens (including phenoxy) is 1. The van der Waals surface area contributed by atoms with E-state index in [0.29, 0.717) is 6.54 Å². The van der Waals surface area contributed by atoms with Crippen LogP contribution in [0, 0.1) is 0 Å². The van der Waals surface area contributed by atoms with Crippen LogP contribution in [0.3, 0.4) is 0 Å². The van der Waals surface area contributed by atoms with Crippen LogP contribution in [0.2, 0.25) is 0 Å². The number of likely N-dealkylation sites (N-methyl/N-ethyl adjacent to an activating group) is 1. The second-order valence-electron chi connectivity index (χ2n) is 5.59. The number of methoxy groups -OCH3 is 1. The van der Waals surface area contributed by atoms with Crippen molar-refractivity contribution in [3.05, 3.63) is 59.7 Å². The first-order valence-electron chi connectivity index (χ1n) is 7.42. The monoisotopic (exact) mass is 333 g/mol. The van der Waals surface area contributed by atoms with Gasteiger partial charge in [-0.2, -0.15) is 0 Å². The third-order valence-corrected chi connectivity index (χ3v) is 4.61. The van der Waals surface area contributed by atoms with E-state index in [9.17, 15) is 9.32 Å². The molecule has 0 spiro atoms. The van der Waals surface area contributed by atoms with Gasteiger partial charge in [0.25, 0.3) is 0 Å². The maximum Gasteiger partial charge on any atom is 0.119 e. The van der Waals surface area contributed by atoms with E-state index in [2.05, 4.69) is 4.90 Å². The molecule has 0 heterocycles. The van der Waals surface area contributed by atoms with E-state index in [-0.39, 0.29) is 0 Å². The Morgan fingerprint density at radius 2 is 1.91 bits per heavy atom. The highest BCUT2D eigenvalue weighted by Gasteiger charge is 2.12. The molecular formula is C18H23NO3S. The summed E-state index contributed by atoms with van der Waals surface area (Å²) in [5.74, 6) is 0.743. The van der Waals surface area contributed by atoms with Gasteiger partial charge in [0, 0.05) is 35.0 Å². The molecule has 0 fully saturated rings. The van der Waals surface area contributed by atoms with Gasteiger partial charge < -0.3 is 9.84 Å². The summed E-state index contributed by atoms with van der Waals surface area (Å²) < 4.78 is 16.6. The van der Waals surface area contributed by atoms with E-state index in [1.807, 2.05) is 55.6 Å². The largest absolute Gasteiger partial charge is 0.497 e. The molecule has 2 unspecified atom stereocenters. The van der Waals surface area contributed by atoms with Crippen molar-refractivity contribution in [2.45, 2.75) is 17.5 Å². The normalized spacial score (nSPS) is 13.8. The molecule has 2 atom stereocenters. The minimum Gasteiger partial charge on any atom is -0.497 e. The van der Waals surface area contributed by atoms with Gasteiger partial charge in [-0.1, -0.05) is 24.3 Å². The van der Waals surface area contributed by atoms with Crippen LogP contribution >= 0.6 is 0 Å². The quantitative estimate of drug-likeness (QED) is 0.846. The summed E-state index contributed by atoms with van der Waals surface area (Å²) >= 11 is 0. The molecule has 2 aromatic carbocycles. The van der Waals surface area contributed by atoms with Crippen molar-refractivity contribution in [2.24, 2.45) is 0 Å². The molecule has 0 amide bonds. The molecule has 1 N–H and O–H groups in total. The molecule has 0 radical (unpaired) electrons. The molecule has 23 heavy (non-hydrogen) atoms. The highest BCUT2D eigenvalue weighted by atomic mass is 32.2. The van der Waals surface area contributed by atoms with Crippen molar-refractivity contribution in [1.29, 1.82) is 0 Å².